The van der Waals surface area contributed by atoms with Gasteiger partial charge in [-0.2, -0.15) is 8.42 Å². The zero-order valence-corrected chi connectivity index (χ0v) is 13.0. The van der Waals surface area contributed by atoms with Gasteiger partial charge in [0.1, 0.15) is 5.76 Å². The molecule has 1 heterocycles. The van der Waals surface area contributed by atoms with E-state index < -0.39 is 10.0 Å². The van der Waals surface area contributed by atoms with Crippen LogP contribution < -0.4 is 4.31 Å². The molecule has 4 nitrogen and oxygen atoms in total. The van der Waals surface area contributed by atoms with Crippen LogP contribution in [0.1, 0.15) is 23.8 Å². The number of anilines is 1. The molecule has 1 aromatic carbocycles. The van der Waals surface area contributed by atoms with E-state index in [9.17, 15) is 8.42 Å². The fourth-order valence-corrected chi connectivity index (χ4v) is 3.61. The van der Waals surface area contributed by atoms with Crippen LogP contribution in [-0.2, 0) is 10.0 Å². The van der Waals surface area contributed by atoms with E-state index in [0.29, 0.717) is 18.0 Å². The van der Waals surface area contributed by atoms with Gasteiger partial charge < -0.3 is 4.42 Å². The minimum absolute atomic E-state index is 0.0160. The predicted octanol–water partition coefficient (Wildman–Crippen LogP) is 3.42. The first kappa shape index (κ1) is 14.7. The highest BCUT2D eigenvalue weighted by Gasteiger charge is 2.27. The molecule has 0 fully saturated rings. The van der Waals surface area contributed by atoms with Crippen LogP contribution in [-0.4, -0.2) is 15.0 Å². The second-order valence-corrected chi connectivity index (χ2v) is 6.62. The molecule has 0 aliphatic rings. The summed E-state index contributed by atoms with van der Waals surface area (Å²) in [5, 5.41) is -0.0160. The van der Waals surface area contributed by atoms with Crippen LogP contribution in [0.3, 0.4) is 0 Å². The summed E-state index contributed by atoms with van der Waals surface area (Å²) in [5.41, 5.74) is 2.64. The van der Waals surface area contributed by atoms with E-state index in [1.54, 1.807) is 13.0 Å². The number of sulfonamides is 1. The van der Waals surface area contributed by atoms with Crippen molar-refractivity contribution in [2.75, 3.05) is 10.8 Å². The zero-order valence-electron chi connectivity index (χ0n) is 12.2. The molecule has 0 spiro atoms. The van der Waals surface area contributed by atoms with Crippen molar-refractivity contribution in [1.82, 2.24) is 0 Å². The summed E-state index contributed by atoms with van der Waals surface area (Å²) in [6.07, 6.45) is 0. The van der Waals surface area contributed by atoms with Gasteiger partial charge in [0.05, 0.1) is 5.69 Å². The Bertz CT molecular complexity index is 716. The Labute approximate surface area is 120 Å². The smallest absolute Gasteiger partial charge is 0.297 e. The number of benzene rings is 1. The Morgan fingerprint density at radius 2 is 1.80 bits per heavy atom. The molecule has 0 amide bonds. The Balaban J connectivity index is 2.54. The molecule has 0 saturated heterocycles. The van der Waals surface area contributed by atoms with Crippen molar-refractivity contribution in [3.8, 4) is 0 Å². The van der Waals surface area contributed by atoms with Crippen molar-refractivity contribution < 1.29 is 12.8 Å². The van der Waals surface area contributed by atoms with Crippen molar-refractivity contribution in [3.05, 3.63) is 47.2 Å². The third-order valence-electron chi connectivity index (χ3n) is 3.18. The SMILES string of the molecule is CCN(c1cc(C)ccc1C)S(=O)(=O)c1ccc(C)o1. The van der Waals surface area contributed by atoms with Gasteiger partial charge in [-0.1, -0.05) is 12.1 Å². The minimum atomic E-state index is -3.66. The highest BCUT2D eigenvalue weighted by atomic mass is 32.2. The van der Waals surface area contributed by atoms with Gasteiger partial charge in [0.25, 0.3) is 10.0 Å². The van der Waals surface area contributed by atoms with E-state index >= 15 is 0 Å². The van der Waals surface area contributed by atoms with Gasteiger partial charge in [-0.3, -0.25) is 4.31 Å². The highest BCUT2D eigenvalue weighted by Crippen LogP contribution is 2.28. The highest BCUT2D eigenvalue weighted by molar-refractivity contribution is 7.92. The molecular formula is C15H19NO3S. The number of hydrogen-bond acceptors (Lipinski definition) is 3. The van der Waals surface area contributed by atoms with Crippen LogP contribution >= 0.6 is 0 Å². The second-order valence-electron chi connectivity index (χ2n) is 4.82. The molecule has 0 saturated carbocycles. The van der Waals surface area contributed by atoms with Gasteiger partial charge in [-0.05, 0) is 57.0 Å². The summed E-state index contributed by atoms with van der Waals surface area (Å²) < 4.78 is 32.0. The molecule has 5 heteroatoms. The van der Waals surface area contributed by atoms with Crippen LogP contribution in [0, 0.1) is 20.8 Å². The van der Waals surface area contributed by atoms with Crippen molar-refractivity contribution >= 4 is 15.7 Å². The average molecular weight is 293 g/mol. The van der Waals surface area contributed by atoms with E-state index in [1.807, 2.05) is 39.0 Å². The molecule has 2 aromatic rings. The Kier molecular flexibility index (Phi) is 3.90. The number of rotatable bonds is 4. The van der Waals surface area contributed by atoms with Crippen LogP contribution in [0.2, 0.25) is 0 Å². The predicted molar refractivity (Wildman–Crippen MR) is 79.6 cm³/mol. The maximum absolute atomic E-state index is 12.7. The minimum Gasteiger partial charge on any atom is -0.448 e. The standard InChI is InChI=1S/C15H19NO3S/c1-5-16(14-10-11(2)6-7-12(14)3)20(17,18)15-9-8-13(4)19-15/h6-10H,5H2,1-4H3. The summed E-state index contributed by atoms with van der Waals surface area (Å²) in [4.78, 5) is 0. The van der Waals surface area contributed by atoms with E-state index in [2.05, 4.69) is 0 Å². The molecule has 2 rings (SSSR count). The van der Waals surface area contributed by atoms with E-state index in [4.69, 9.17) is 4.42 Å². The summed E-state index contributed by atoms with van der Waals surface area (Å²) >= 11 is 0. The summed E-state index contributed by atoms with van der Waals surface area (Å²) in [6, 6.07) is 8.93. The van der Waals surface area contributed by atoms with E-state index in [0.717, 1.165) is 11.1 Å². The molecule has 1 aromatic heterocycles. The van der Waals surface area contributed by atoms with Crippen molar-refractivity contribution in [3.63, 3.8) is 0 Å². The Hall–Kier alpha value is -1.75. The molecule has 0 aliphatic carbocycles. The second kappa shape index (κ2) is 5.32. The topological polar surface area (TPSA) is 50.5 Å². The largest absolute Gasteiger partial charge is 0.448 e. The number of aryl methyl sites for hydroxylation is 3. The first-order valence-corrected chi connectivity index (χ1v) is 7.96. The normalized spacial score (nSPS) is 11.6. The zero-order chi connectivity index (χ0) is 14.9. The first-order valence-electron chi connectivity index (χ1n) is 6.52. The van der Waals surface area contributed by atoms with E-state index in [-0.39, 0.29) is 5.09 Å². The molecule has 0 atom stereocenters. The Morgan fingerprint density at radius 1 is 1.10 bits per heavy atom. The lowest BCUT2D eigenvalue weighted by Gasteiger charge is -2.23. The lowest BCUT2D eigenvalue weighted by molar-refractivity contribution is 0.428. The summed E-state index contributed by atoms with van der Waals surface area (Å²) in [7, 11) is -3.66. The molecule has 108 valence electrons. The maximum Gasteiger partial charge on any atom is 0.297 e. The molecule has 0 bridgehead atoms. The maximum atomic E-state index is 12.7. The van der Waals surface area contributed by atoms with Crippen molar-refractivity contribution in [2.45, 2.75) is 32.8 Å². The third kappa shape index (κ3) is 2.58. The summed E-state index contributed by atoms with van der Waals surface area (Å²) in [5.74, 6) is 0.584. The Morgan fingerprint density at radius 3 is 2.35 bits per heavy atom. The molecule has 0 unspecified atom stereocenters. The molecule has 0 radical (unpaired) electrons. The van der Waals surface area contributed by atoms with Gasteiger partial charge in [0, 0.05) is 6.54 Å². The van der Waals surface area contributed by atoms with Crippen LogP contribution in [0.5, 0.6) is 0 Å². The quantitative estimate of drug-likeness (QED) is 0.868. The lowest BCUT2D eigenvalue weighted by atomic mass is 10.1. The van der Waals surface area contributed by atoms with Gasteiger partial charge >= 0.3 is 0 Å². The van der Waals surface area contributed by atoms with Crippen LogP contribution in [0.4, 0.5) is 5.69 Å². The lowest BCUT2D eigenvalue weighted by Crippen LogP contribution is -2.31. The summed E-state index contributed by atoms with van der Waals surface area (Å²) in [6.45, 7) is 7.75. The third-order valence-corrected chi connectivity index (χ3v) is 4.94. The molecule has 0 aliphatic heterocycles. The first-order chi connectivity index (χ1) is 9.36. The number of nitrogens with zero attached hydrogens (tertiary/aromatic N) is 1. The van der Waals surface area contributed by atoms with Crippen LogP contribution in [0.25, 0.3) is 0 Å². The average Bonchev–Trinajstić information content (AvgIpc) is 2.81. The van der Waals surface area contributed by atoms with Crippen molar-refractivity contribution in [1.29, 1.82) is 0 Å². The monoisotopic (exact) mass is 293 g/mol. The molecule has 0 N–H and O–H groups in total. The van der Waals surface area contributed by atoms with Gasteiger partial charge in [0.2, 0.25) is 5.09 Å². The van der Waals surface area contributed by atoms with Gasteiger partial charge in [0.15, 0.2) is 0 Å². The molecular weight excluding hydrogens is 274 g/mol. The van der Waals surface area contributed by atoms with Crippen molar-refractivity contribution in [2.24, 2.45) is 0 Å². The molecule has 20 heavy (non-hydrogen) atoms. The van der Waals surface area contributed by atoms with E-state index in [1.165, 1.54) is 10.4 Å². The number of furan rings is 1. The van der Waals surface area contributed by atoms with Gasteiger partial charge in [-0.25, -0.2) is 0 Å². The number of hydrogen-bond donors (Lipinski definition) is 0. The van der Waals surface area contributed by atoms with Gasteiger partial charge in [-0.15, -0.1) is 0 Å². The fourth-order valence-electron chi connectivity index (χ4n) is 2.12. The fraction of sp³-hybridized carbons (Fsp3) is 0.333. The van der Waals surface area contributed by atoms with Crippen LogP contribution in [0.15, 0.2) is 39.8 Å².